The standard InChI is InChI=1S/C11H24N2O/c1-5-7-13(10-11(2)14)9-6-8-12(3)4/h5,7,11,14H,6,8-10H2,1-4H3. The Morgan fingerprint density at radius 3 is 2.36 bits per heavy atom. The molecule has 0 rings (SSSR count). The van der Waals surface area contributed by atoms with Gasteiger partial charge in [-0.05, 0) is 47.1 Å². The van der Waals surface area contributed by atoms with Crippen molar-refractivity contribution < 1.29 is 5.11 Å². The van der Waals surface area contributed by atoms with Gasteiger partial charge in [0.05, 0.1) is 6.10 Å². The second-order valence-corrected chi connectivity index (χ2v) is 3.98. The van der Waals surface area contributed by atoms with Crippen molar-refractivity contribution in [2.45, 2.75) is 26.4 Å². The van der Waals surface area contributed by atoms with Gasteiger partial charge in [-0.1, -0.05) is 6.08 Å². The van der Waals surface area contributed by atoms with Crippen molar-refractivity contribution in [1.29, 1.82) is 0 Å². The molecule has 0 heterocycles. The molecule has 0 aliphatic carbocycles. The molecule has 0 fully saturated rings. The van der Waals surface area contributed by atoms with Gasteiger partial charge in [0.15, 0.2) is 0 Å². The molecular formula is C11H24N2O. The Kier molecular flexibility index (Phi) is 7.52. The summed E-state index contributed by atoms with van der Waals surface area (Å²) in [7, 11) is 4.16. The Morgan fingerprint density at radius 1 is 1.29 bits per heavy atom. The van der Waals surface area contributed by atoms with Crippen molar-refractivity contribution >= 4 is 0 Å². The predicted molar refractivity (Wildman–Crippen MR) is 61.2 cm³/mol. The monoisotopic (exact) mass is 200 g/mol. The fourth-order valence-corrected chi connectivity index (χ4v) is 1.37. The molecule has 0 saturated heterocycles. The molecule has 0 bridgehead atoms. The predicted octanol–water partition coefficient (Wildman–Crippen LogP) is 1.15. The van der Waals surface area contributed by atoms with E-state index in [0.29, 0.717) is 0 Å². The molecule has 3 nitrogen and oxygen atoms in total. The van der Waals surface area contributed by atoms with Crippen LogP contribution in [0, 0.1) is 0 Å². The summed E-state index contributed by atoms with van der Waals surface area (Å²) in [6.45, 7) is 6.64. The summed E-state index contributed by atoms with van der Waals surface area (Å²) in [6.07, 6.45) is 4.93. The molecular weight excluding hydrogens is 176 g/mol. The summed E-state index contributed by atoms with van der Waals surface area (Å²) in [4.78, 5) is 4.34. The van der Waals surface area contributed by atoms with Crippen LogP contribution in [0.15, 0.2) is 12.3 Å². The summed E-state index contributed by atoms with van der Waals surface area (Å²) < 4.78 is 0. The number of hydrogen-bond donors (Lipinski definition) is 1. The first-order valence-corrected chi connectivity index (χ1v) is 5.26. The largest absolute Gasteiger partial charge is 0.392 e. The molecule has 0 aliphatic heterocycles. The van der Waals surface area contributed by atoms with Crippen LogP contribution in [0.3, 0.4) is 0 Å². The molecule has 0 aromatic carbocycles. The molecule has 0 aliphatic rings. The van der Waals surface area contributed by atoms with Crippen LogP contribution in [0.4, 0.5) is 0 Å². The molecule has 1 unspecified atom stereocenters. The minimum atomic E-state index is -0.259. The third kappa shape index (κ3) is 8.08. The summed E-state index contributed by atoms with van der Waals surface area (Å²) in [5.41, 5.74) is 0. The lowest BCUT2D eigenvalue weighted by atomic mass is 10.3. The maximum Gasteiger partial charge on any atom is 0.0686 e. The van der Waals surface area contributed by atoms with E-state index in [1.165, 1.54) is 0 Å². The van der Waals surface area contributed by atoms with E-state index < -0.39 is 0 Å². The van der Waals surface area contributed by atoms with Gasteiger partial charge in [-0.2, -0.15) is 0 Å². The molecule has 0 radical (unpaired) electrons. The minimum absolute atomic E-state index is 0.259. The lowest BCUT2D eigenvalue weighted by Gasteiger charge is -2.22. The van der Waals surface area contributed by atoms with E-state index in [1.54, 1.807) is 0 Å². The summed E-state index contributed by atoms with van der Waals surface area (Å²) in [5, 5.41) is 9.27. The van der Waals surface area contributed by atoms with Crippen LogP contribution in [0.2, 0.25) is 0 Å². The van der Waals surface area contributed by atoms with Crippen molar-refractivity contribution in [2.75, 3.05) is 33.7 Å². The first kappa shape index (κ1) is 13.5. The molecule has 0 aromatic rings. The van der Waals surface area contributed by atoms with E-state index in [-0.39, 0.29) is 6.10 Å². The SMILES string of the molecule is CC=CN(CCCN(C)C)CC(C)O. The molecule has 14 heavy (non-hydrogen) atoms. The maximum absolute atomic E-state index is 9.27. The normalized spacial score (nSPS) is 13.9. The number of allylic oxidation sites excluding steroid dienone is 1. The van der Waals surface area contributed by atoms with E-state index in [1.807, 2.05) is 26.1 Å². The lowest BCUT2D eigenvalue weighted by Crippen LogP contribution is -2.29. The number of aliphatic hydroxyl groups is 1. The van der Waals surface area contributed by atoms with E-state index in [4.69, 9.17) is 0 Å². The third-order valence-corrected chi connectivity index (χ3v) is 1.91. The Labute approximate surface area is 88.0 Å². The van der Waals surface area contributed by atoms with Crippen molar-refractivity contribution in [3.63, 3.8) is 0 Å². The van der Waals surface area contributed by atoms with Crippen LogP contribution in [0.25, 0.3) is 0 Å². The van der Waals surface area contributed by atoms with Crippen molar-refractivity contribution in [1.82, 2.24) is 9.80 Å². The fourth-order valence-electron chi connectivity index (χ4n) is 1.37. The average molecular weight is 200 g/mol. The Bertz CT molecular complexity index is 155. The zero-order valence-corrected chi connectivity index (χ0v) is 9.90. The third-order valence-electron chi connectivity index (χ3n) is 1.91. The van der Waals surface area contributed by atoms with E-state index in [2.05, 4.69) is 23.9 Å². The quantitative estimate of drug-likeness (QED) is 0.668. The maximum atomic E-state index is 9.27. The highest BCUT2D eigenvalue weighted by molar-refractivity contribution is 4.79. The number of nitrogens with zero attached hydrogens (tertiary/aromatic N) is 2. The Morgan fingerprint density at radius 2 is 1.93 bits per heavy atom. The van der Waals surface area contributed by atoms with Gasteiger partial charge in [-0.25, -0.2) is 0 Å². The van der Waals surface area contributed by atoms with E-state index in [9.17, 15) is 5.11 Å². The molecule has 0 spiro atoms. The summed E-state index contributed by atoms with van der Waals surface area (Å²) in [6, 6.07) is 0. The zero-order chi connectivity index (χ0) is 11.0. The summed E-state index contributed by atoms with van der Waals surface area (Å²) >= 11 is 0. The van der Waals surface area contributed by atoms with Gasteiger partial charge < -0.3 is 14.9 Å². The van der Waals surface area contributed by atoms with Gasteiger partial charge in [-0.15, -0.1) is 0 Å². The molecule has 0 amide bonds. The van der Waals surface area contributed by atoms with E-state index >= 15 is 0 Å². The molecule has 0 saturated carbocycles. The Hall–Kier alpha value is -0.540. The first-order chi connectivity index (χ1) is 6.56. The van der Waals surface area contributed by atoms with Crippen LogP contribution < -0.4 is 0 Å². The minimum Gasteiger partial charge on any atom is -0.392 e. The Balaban J connectivity index is 3.73. The topological polar surface area (TPSA) is 26.7 Å². The van der Waals surface area contributed by atoms with Gasteiger partial charge >= 0.3 is 0 Å². The van der Waals surface area contributed by atoms with Crippen LogP contribution in [0.5, 0.6) is 0 Å². The van der Waals surface area contributed by atoms with Gasteiger partial charge in [0, 0.05) is 13.1 Å². The van der Waals surface area contributed by atoms with Gasteiger partial charge in [0.1, 0.15) is 0 Å². The van der Waals surface area contributed by atoms with Crippen molar-refractivity contribution in [2.24, 2.45) is 0 Å². The highest BCUT2D eigenvalue weighted by Crippen LogP contribution is 1.97. The lowest BCUT2D eigenvalue weighted by molar-refractivity contribution is 0.149. The second kappa shape index (κ2) is 7.83. The second-order valence-electron chi connectivity index (χ2n) is 3.98. The van der Waals surface area contributed by atoms with Crippen molar-refractivity contribution in [3.05, 3.63) is 12.3 Å². The van der Waals surface area contributed by atoms with Crippen LogP contribution in [-0.4, -0.2) is 54.7 Å². The van der Waals surface area contributed by atoms with Crippen LogP contribution in [0.1, 0.15) is 20.3 Å². The summed E-state index contributed by atoms with van der Waals surface area (Å²) in [5.74, 6) is 0. The highest BCUT2D eigenvalue weighted by Gasteiger charge is 2.03. The fraction of sp³-hybridized carbons (Fsp3) is 0.818. The van der Waals surface area contributed by atoms with Crippen molar-refractivity contribution in [3.8, 4) is 0 Å². The first-order valence-electron chi connectivity index (χ1n) is 5.26. The number of aliphatic hydroxyl groups excluding tert-OH is 1. The number of rotatable bonds is 7. The van der Waals surface area contributed by atoms with Gasteiger partial charge in [-0.3, -0.25) is 0 Å². The highest BCUT2D eigenvalue weighted by atomic mass is 16.3. The van der Waals surface area contributed by atoms with Crippen LogP contribution in [-0.2, 0) is 0 Å². The molecule has 84 valence electrons. The molecule has 3 heteroatoms. The smallest absolute Gasteiger partial charge is 0.0686 e. The van der Waals surface area contributed by atoms with E-state index in [0.717, 1.165) is 26.1 Å². The van der Waals surface area contributed by atoms with Gasteiger partial charge in [0.2, 0.25) is 0 Å². The molecule has 0 aromatic heterocycles. The van der Waals surface area contributed by atoms with Crippen LogP contribution >= 0.6 is 0 Å². The average Bonchev–Trinajstić information content (AvgIpc) is 2.02. The number of hydrogen-bond acceptors (Lipinski definition) is 3. The molecule has 1 atom stereocenters. The zero-order valence-electron chi connectivity index (χ0n) is 9.90. The molecule has 1 N–H and O–H groups in total. The van der Waals surface area contributed by atoms with Gasteiger partial charge in [0.25, 0.3) is 0 Å².